The normalized spacial score (nSPS) is 22.5. The summed E-state index contributed by atoms with van der Waals surface area (Å²) in [4.78, 5) is 16.9. The average molecular weight is 206 g/mol. The molecule has 2 rings (SSSR count). The van der Waals surface area contributed by atoms with Crippen LogP contribution in [0.3, 0.4) is 0 Å². The molecule has 15 heavy (non-hydrogen) atoms. The first-order valence-corrected chi connectivity index (χ1v) is 5.63. The minimum Gasteiger partial charge on any atom is -0.329 e. The summed E-state index contributed by atoms with van der Waals surface area (Å²) in [5.41, 5.74) is 0.985. The van der Waals surface area contributed by atoms with Crippen LogP contribution in [0.4, 0.5) is 0 Å². The summed E-state index contributed by atoms with van der Waals surface area (Å²) < 4.78 is 0. The van der Waals surface area contributed by atoms with Crippen LogP contribution in [0.1, 0.15) is 38.3 Å². The molecular formula is C12H18N2O. The van der Waals surface area contributed by atoms with E-state index in [1.807, 2.05) is 12.1 Å². The minimum absolute atomic E-state index is 0.0649. The third-order valence-corrected chi connectivity index (χ3v) is 3.17. The highest BCUT2D eigenvalue weighted by Crippen LogP contribution is 2.31. The summed E-state index contributed by atoms with van der Waals surface area (Å²) in [6, 6.07) is 4.68. The lowest BCUT2D eigenvalue weighted by Crippen LogP contribution is -2.32. The molecule has 0 radical (unpaired) electrons. The van der Waals surface area contributed by atoms with Crippen molar-refractivity contribution in [1.29, 1.82) is 0 Å². The van der Waals surface area contributed by atoms with E-state index in [-0.39, 0.29) is 5.56 Å². The molecule has 3 heteroatoms. The lowest BCUT2D eigenvalue weighted by molar-refractivity contribution is 0.204. The zero-order valence-corrected chi connectivity index (χ0v) is 9.36. The van der Waals surface area contributed by atoms with E-state index in [4.69, 9.17) is 0 Å². The molecule has 0 aromatic carbocycles. The molecule has 0 bridgehead atoms. The summed E-state index contributed by atoms with van der Waals surface area (Å²) >= 11 is 0. The molecule has 0 amide bonds. The fraction of sp³-hybridized carbons (Fsp3) is 0.583. The number of nitrogens with one attached hydrogen (secondary N) is 1. The number of aromatic nitrogens is 1. The second kappa shape index (κ2) is 4.19. The fourth-order valence-electron chi connectivity index (χ4n) is 2.44. The van der Waals surface area contributed by atoms with Gasteiger partial charge in [-0.3, -0.25) is 9.69 Å². The number of hydrogen-bond acceptors (Lipinski definition) is 2. The largest absolute Gasteiger partial charge is 0.329 e. The average Bonchev–Trinajstić information content (AvgIpc) is 2.67. The number of hydrogen-bond donors (Lipinski definition) is 1. The van der Waals surface area contributed by atoms with Crippen molar-refractivity contribution < 1.29 is 0 Å². The molecule has 82 valence electrons. The number of likely N-dealkylation sites (tertiary alicyclic amines) is 1. The van der Waals surface area contributed by atoms with Crippen LogP contribution in [0.25, 0.3) is 0 Å². The van der Waals surface area contributed by atoms with E-state index in [0.717, 1.165) is 18.5 Å². The van der Waals surface area contributed by atoms with Gasteiger partial charge in [0.25, 0.3) is 5.56 Å². The Labute approximate surface area is 90.1 Å². The summed E-state index contributed by atoms with van der Waals surface area (Å²) in [7, 11) is 0. The van der Waals surface area contributed by atoms with Crippen molar-refractivity contribution in [2.24, 2.45) is 0 Å². The zero-order valence-electron chi connectivity index (χ0n) is 9.36. The van der Waals surface area contributed by atoms with E-state index < -0.39 is 0 Å². The van der Waals surface area contributed by atoms with E-state index in [0.29, 0.717) is 12.1 Å². The van der Waals surface area contributed by atoms with Crippen molar-refractivity contribution in [2.45, 2.75) is 38.8 Å². The maximum atomic E-state index is 11.7. The summed E-state index contributed by atoms with van der Waals surface area (Å²) in [5.74, 6) is 0. The highest BCUT2D eigenvalue weighted by Gasteiger charge is 2.29. The standard InChI is InChI=1S/C12H18N2O/c1-9(2)14-8-4-6-11(14)10-5-3-7-13-12(10)15/h3,5,7,9,11H,4,6,8H2,1-2H3,(H,13,15)/t11-/m1/s1. The molecule has 1 N–H and O–H groups in total. The molecule has 1 aliphatic heterocycles. The maximum absolute atomic E-state index is 11.7. The smallest absolute Gasteiger partial charge is 0.252 e. The first-order chi connectivity index (χ1) is 7.20. The molecule has 0 saturated carbocycles. The van der Waals surface area contributed by atoms with Crippen LogP contribution in [0.15, 0.2) is 23.1 Å². The lowest BCUT2D eigenvalue weighted by Gasteiger charge is -2.27. The molecule has 1 aromatic rings. The van der Waals surface area contributed by atoms with Crippen LogP contribution in [0, 0.1) is 0 Å². The molecule has 2 heterocycles. The summed E-state index contributed by atoms with van der Waals surface area (Å²) in [6.45, 7) is 5.49. The second-order valence-electron chi connectivity index (χ2n) is 4.44. The Kier molecular flexibility index (Phi) is 2.91. The molecule has 1 saturated heterocycles. The van der Waals surface area contributed by atoms with E-state index in [1.165, 1.54) is 6.42 Å². The van der Waals surface area contributed by atoms with E-state index in [1.54, 1.807) is 6.20 Å². The van der Waals surface area contributed by atoms with Gasteiger partial charge in [-0.05, 0) is 39.3 Å². The topological polar surface area (TPSA) is 36.1 Å². The SMILES string of the molecule is CC(C)N1CCC[C@@H]1c1ccc[nH]c1=O. The molecular weight excluding hydrogens is 188 g/mol. The van der Waals surface area contributed by atoms with Gasteiger partial charge in [0.15, 0.2) is 0 Å². The van der Waals surface area contributed by atoms with E-state index in [2.05, 4.69) is 23.7 Å². The lowest BCUT2D eigenvalue weighted by atomic mass is 10.1. The van der Waals surface area contributed by atoms with Gasteiger partial charge < -0.3 is 4.98 Å². The summed E-state index contributed by atoms with van der Waals surface area (Å²) in [6.07, 6.45) is 3.99. The highest BCUT2D eigenvalue weighted by atomic mass is 16.1. The Bertz CT molecular complexity index is 383. The predicted octanol–water partition coefficient (Wildman–Crippen LogP) is 1.92. The molecule has 1 fully saturated rings. The minimum atomic E-state index is 0.0649. The number of H-pyrrole nitrogens is 1. The van der Waals surface area contributed by atoms with Gasteiger partial charge in [-0.25, -0.2) is 0 Å². The Morgan fingerprint density at radius 1 is 1.53 bits per heavy atom. The van der Waals surface area contributed by atoms with Gasteiger partial charge >= 0.3 is 0 Å². The van der Waals surface area contributed by atoms with Crippen molar-refractivity contribution in [2.75, 3.05) is 6.54 Å². The van der Waals surface area contributed by atoms with Crippen LogP contribution in [-0.2, 0) is 0 Å². The third kappa shape index (κ3) is 1.97. The van der Waals surface area contributed by atoms with Crippen molar-refractivity contribution in [3.8, 4) is 0 Å². The first kappa shape index (κ1) is 10.4. The maximum Gasteiger partial charge on any atom is 0.252 e. The molecule has 1 aromatic heterocycles. The summed E-state index contributed by atoms with van der Waals surface area (Å²) in [5, 5.41) is 0. The van der Waals surface area contributed by atoms with Gasteiger partial charge in [0.2, 0.25) is 0 Å². The van der Waals surface area contributed by atoms with Crippen LogP contribution >= 0.6 is 0 Å². The third-order valence-electron chi connectivity index (χ3n) is 3.17. The van der Waals surface area contributed by atoms with Gasteiger partial charge in [0.05, 0.1) is 0 Å². The molecule has 0 spiro atoms. The molecule has 0 unspecified atom stereocenters. The van der Waals surface area contributed by atoms with Crippen molar-refractivity contribution >= 4 is 0 Å². The molecule has 1 aliphatic rings. The van der Waals surface area contributed by atoms with Gasteiger partial charge in [-0.2, -0.15) is 0 Å². The number of nitrogens with zero attached hydrogens (tertiary/aromatic N) is 1. The van der Waals surface area contributed by atoms with E-state index in [9.17, 15) is 4.79 Å². The Hall–Kier alpha value is -1.09. The first-order valence-electron chi connectivity index (χ1n) is 5.63. The molecule has 1 atom stereocenters. The Balaban J connectivity index is 2.31. The highest BCUT2D eigenvalue weighted by molar-refractivity contribution is 5.15. The monoisotopic (exact) mass is 206 g/mol. The van der Waals surface area contributed by atoms with Crippen molar-refractivity contribution in [3.63, 3.8) is 0 Å². The number of aromatic amines is 1. The Morgan fingerprint density at radius 2 is 2.33 bits per heavy atom. The van der Waals surface area contributed by atoms with Gasteiger partial charge in [-0.1, -0.05) is 6.07 Å². The predicted molar refractivity (Wildman–Crippen MR) is 60.9 cm³/mol. The number of pyridine rings is 1. The van der Waals surface area contributed by atoms with Gasteiger partial charge in [0.1, 0.15) is 0 Å². The van der Waals surface area contributed by atoms with E-state index >= 15 is 0 Å². The van der Waals surface area contributed by atoms with Crippen LogP contribution in [0.5, 0.6) is 0 Å². The van der Waals surface area contributed by atoms with Crippen molar-refractivity contribution in [3.05, 3.63) is 34.2 Å². The van der Waals surface area contributed by atoms with Crippen LogP contribution < -0.4 is 5.56 Å². The zero-order chi connectivity index (χ0) is 10.8. The fourth-order valence-corrected chi connectivity index (χ4v) is 2.44. The van der Waals surface area contributed by atoms with Gasteiger partial charge in [0, 0.05) is 23.8 Å². The molecule has 3 nitrogen and oxygen atoms in total. The number of rotatable bonds is 2. The van der Waals surface area contributed by atoms with Crippen LogP contribution in [-0.4, -0.2) is 22.5 Å². The molecule has 0 aliphatic carbocycles. The van der Waals surface area contributed by atoms with Gasteiger partial charge in [-0.15, -0.1) is 0 Å². The van der Waals surface area contributed by atoms with Crippen molar-refractivity contribution in [1.82, 2.24) is 9.88 Å². The van der Waals surface area contributed by atoms with Crippen LogP contribution in [0.2, 0.25) is 0 Å². The Morgan fingerprint density at radius 3 is 3.00 bits per heavy atom. The second-order valence-corrected chi connectivity index (χ2v) is 4.44. The quantitative estimate of drug-likeness (QED) is 0.802.